The number of hydrogen-bond donors (Lipinski definition) is 2. The van der Waals surface area contributed by atoms with Crippen molar-refractivity contribution < 1.29 is 9.32 Å². The lowest BCUT2D eigenvalue weighted by molar-refractivity contribution is 0.440. The summed E-state index contributed by atoms with van der Waals surface area (Å²) in [6, 6.07) is 9.33. The SMILES string of the molecule is Cc1cc(-n2nc3ccc([SH](C)(C)=O)cc3n2)c(O)c(C(C)(C)C)c1. The van der Waals surface area contributed by atoms with Crippen LogP contribution in [0.25, 0.3) is 16.7 Å². The number of phenols is 1. The average Bonchev–Trinajstić information content (AvgIpc) is 2.90. The molecular formula is C19H25N3O2S. The third-order valence-electron chi connectivity index (χ3n) is 4.24. The minimum absolute atomic E-state index is 0.190. The molecule has 3 rings (SSSR count). The maximum Gasteiger partial charge on any atom is 0.146 e. The molecule has 0 spiro atoms. The summed E-state index contributed by atoms with van der Waals surface area (Å²) in [5.41, 5.74) is 3.62. The Kier molecular flexibility index (Phi) is 3.99. The van der Waals surface area contributed by atoms with Gasteiger partial charge in [0, 0.05) is 10.5 Å². The number of nitrogens with zero attached hydrogens (tertiary/aromatic N) is 3. The van der Waals surface area contributed by atoms with Crippen LogP contribution in [0, 0.1) is 6.92 Å². The van der Waals surface area contributed by atoms with Gasteiger partial charge in [0.15, 0.2) is 0 Å². The van der Waals surface area contributed by atoms with Crippen molar-refractivity contribution in [2.24, 2.45) is 0 Å². The lowest BCUT2D eigenvalue weighted by Crippen LogP contribution is -2.13. The standard InChI is InChI=1S/C19H25N3O2S/c1-12-9-14(19(2,3)4)18(23)17(10-12)22-20-15-8-7-13(25(5,6)24)11-16(15)21-22/h7-11,23,25H,1-6H3. The number of aromatic nitrogens is 3. The Hall–Kier alpha value is -2.21. The van der Waals surface area contributed by atoms with Gasteiger partial charge in [-0.2, -0.15) is 0 Å². The Bertz CT molecular complexity index is 1010. The maximum absolute atomic E-state index is 12.3. The number of phenolic OH excluding ortho intramolecular Hbond substituents is 1. The summed E-state index contributed by atoms with van der Waals surface area (Å²) >= 11 is 0. The van der Waals surface area contributed by atoms with Crippen molar-refractivity contribution in [3.8, 4) is 11.4 Å². The Morgan fingerprint density at radius 3 is 2.28 bits per heavy atom. The van der Waals surface area contributed by atoms with Crippen LogP contribution in [0.2, 0.25) is 0 Å². The first-order valence-electron chi connectivity index (χ1n) is 8.24. The van der Waals surface area contributed by atoms with E-state index >= 15 is 0 Å². The fourth-order valence-electron chi connectivity index (χ4n) is 2.83. The number of aromatic hydroxyl groups is 1. The molecule has 0 bridgehead atoms. The van der Waals surface area contributed by atoms with Crippen LogP contribution in [0.3, 0.4) is 0 Å². The van der Waals surface area contributed by atoms with Crippen molar-refractivity contribution >= 4 is 21.0 Å². The number of aryl methyl sites for hydroxylation is 1. The van der Waals surface area contributed by atoms with Gasteiger partial charge in [-0.1, -0.05) is 36.8 Å². The van der Waals surface area contributed by atoms with Gasteiger partial charge < -0.3 is 5.11 Å². The molecule has 0 aliphatic rings. The minimum Gasteiger partial charge on any atom is -0.505 e. The van der Waals surface area contributed by atoms with Gasteiger partial charge in [0.05, 0.1) is 0 Å². The highest BCUT2D eigenvalue weighted by Gasteiger charge is 2.22. The first-order chi connectivity index (χ1) is 11.5. The van der Waals surface area contributed by atoms with Crippen molar-refractivity contribution in [3.05, 3.63) is 41.5 Å². The lowest BCUT2D eigenvalue weighted by atomic mass is 9.85. The molecule has 0 saturated heterocycles. The van der Waals surface area contributed by atoms with E-state index < -0.39 is 9.93 Å². The van der Waals surface area contributed by atoms with E-state index in [-0.39, 0.29) is 11.2 Å². The third-order valence-corrected chi connectivity index (χ3v) is 5.77. The summed E-state index contributed by atoms with van der Waals surface area (Å²) in [7, 11) is -2.36. The zero-order chi connectivity index (χ0) is 18.6. The molecule has 0 aliphatic carbocycles. The second kappa shape index (κ2) is 5.66. The molecule has 6 heteroatoms. The van der Waals surface area contributed by atoms with Crippen LogP contribution in [-0.2, 0) is 15.3 Å². The summed E-state index contributed by atoms with van der Waals surface area (Å²) in [5, 5.41) is 19.8. The number of rotatable bonds is 2. The van der Waals surface area contributed by atoms with Gasteiger partial charge in [-0.15, -0.1) is 15.0 Å². The maximum atomic E-state index is 12.3. The van der Waals surface area contributed by atoms with Crippen LogP contribution in [-0.4, -0.2) is 36.8 Å². The molecule has 0 fully saturated rings. The molecule has 0 amide bonds. The molecule has 1 aromatic heterocycles. The van der Waals surface area contributed by atoms with Gasteiger partial charge in [0.25, 0.3) is 0 Å². The van der Waals surface area contributed by atoms with Gasteiger partial charge in [0.1, 0.15) is 22.5 Å². The molecule has 0 radical (unpaired) electrons. The van der Waals surface area contributed by atoms with Gasteiger partial charge in [0.2, 0.25) is 0 Å². The Morgan fingerprint density at radius 2 is 1.68 bits per heavy atom. The number of benzene rings is 2. The van der Waals surface area contributed by atoms with Crippen molar-refractivity contribution in [1.82, 2.24) is 15.0 Å². The van der Waals surface area contributed by atoms with Crippen molar-refractivity contribution in [2.75, 3.05) is 12.5 Å². The molecule has 0 unspecified atom stereocenters. The van der Waals surface area contributed by atoms with E-state index in [2.05, 4.69) is 31.0 Å². The summed E-state index contributed by atoms with van der Waals surface area (Å²) in [6.45, 7) is 8.17. The predicted molar refractivity (Wildman–Crippen MR) is 104 cm³/mol. The molecule has 0 saturated carbocycles. The summed E-state index contributed by atoms with van der Waals surface area (Å²) in [4.78, 5) is 2.23. The Labute approximate surface area is 149 Å². The molecule has 1 heterocycles. The van der Waals surface area contributed by atoms with Gasteiger partial charge in [-0.05, 0) is 54.7 Å². The van der Waals surface area contributed by atoms with E-state index in [1.54, 1.807) is 12.5 Å². The van der Waals surface area contributed by atoms with E-state index in [9.17, 15) is 9.32 Å². The second-order valence-electron chi connectivity index (χ2n) is 7.94. The van der Waals surface area contributed by atoms with Crippen LogP contribution >= 0.6 is 0 Å². The van der Waals surface area contributed by atoms with E-state index in [1.807, 2.05) is 37.3 Å². The van der Waals surface area contributed by atoms with Gasteiger partial charge >= 0.3 is 0 Å². The summed E-state index contributed by atoms with van der Waals surface area (Å²) in [5.74, 6) is 0.190. The van der Waals surface area contributed by atoms with E-state index in [0.717, 1.165) is 16.0 Å². The van der Waals surface area contributed by atoms with Crippen LogP contribution in [0.5, 0.6) is 5.75 Å². The normalized spacial score (nSPS) is 13.4. The number of fused-ring (bicyclic) bond motifs is 1. The largest absolute Gasteiger partial charge is 0.505 e. The zero-order valence-corrected chi connectivity index (χ0v) is 16.4. The Morgan fingerprint density at radius 1 is 1.04 bits per heavy atom. The molecule has 5 nitrogen and oxygen atoms in total. The minimum atomic E-state index is -2.36. The van der Waals surface area contributed by atoms with E-state index in [0.29, 0.717) is 16.7 Å². The van der Waals surface area contributed by atoms with Crippen molar-refractivity contribution in [2.45, 2.75) is 38.0 Å². The highest BCUT2D eigenvalue weighted by Crippen LogP contribution is 2.36. The van der Waals surface area contributed by atoms with Crippen LogP contribution < -0.4 is 0 Å². The van der Waals surface area contributed by atoms with Gasteiger partial charge in [-0.25, -0.2) is 0 Å². The molecule has 3 aromatic rings. The number of thiol groups is 1. The summed E-state index contributed by atoms with van der Waals surface area (Å²) < 4.78 is 12.3. The monoisotopic (exact) mass is 359 g/mol. The fourth-order valence-corrected chi connectivity index (χ4v) is 3.70. The predicted octanol–water partition coefficient (Wildman–Crippen LogP) is 3.37. The van der Waals surface area contributed by atoms with Crippen LogP contribution in [0.4, 0.5) is 0 Å². The second-order valence-corrected chi connectivity index (χ2v) is 11.2. The highest BCUT2D eigenvalue weighted by atomic mass is 32.2. The van der Waals surface area contributed by atoms with Crippen LogP contribution in [0.15, 0.2) is 35.2 Å². The quantitative estimate of drug-likeness (QED) is 0.689. The van der Waals surface area contributed by atoms with Gasteiger partial charge in [-0.3, -0.25) is 4.21 Å². The fraction of sp³-hybridized carbons (Fsp3) is 0.368. The van der Waals surface area contributed by atoms with Crippen molar-refractivity contribution in [3.63, 3.8) is 0 Å². The molecule has 134 valence electrons. The average molecular weight is 359 g/mol. The van der Waals surface area contributed by atoms with Crippen molar-refractivity contribution in [1.29, 1.82) is 0 Å². The first kappa shape index (κ1) is 17.6. The van der Waals surface area contributed by atoms with Crippen LogP contribution in [0.1, 0.15) is 31.9 Å². The number of hydrogen-bond acceptors (Lipinski definition) is 4. The zero-order valence-electron chi connectivity index (χ0n) is 15.5. The molecule has 2 aromatic carbocycles. The summed E-state index contributed by atoms with van der Waals surface area (Å²) in [6.07, 6.45) is 3.47. The molecule has 0 atom stereocenters. The smallest absolute Gasteiger partial charge is 0.146 e. The Balaban J connectivity index is 2.20. The first-order valence-corrected chi connectivity index (χ1v) is 10.8. The molecular weight excluding hydrogens is 334 g/mol. The topological polar surface area (TPSA) is 68.0 Å². The lowest BCUT2D eigenvalue weighted by Gasteiger charge is -2.22. The molecule has 0 aliphatic heterocycles. The van der Waals surface area contributed by atoms with E-state index in [4.69, 9.17) is 0 Å². The van der Waals surface area contributed by atoms with E-state index in [1.165, 1.54) is 4.80 Å². The third kappa shape index (κ3) is 3.31. The highest BCUT2D eigenvalue weighted by molar-refractivity contribution is 8.01. The molecule has 1 N–H and O–H groups in total. The molecule has 25 heavy (non-hydrogen) atoms.